The Labute approximate surface area is 106 Å². The Kier molecular flexibility index (Phi) is 5.87. The Bertz CT molecular complexity index is 401. The minimum atomic E-state index is -0.827. The molecule has 1 aromatic carbocycles. The molecule has 5 nitrogen and oxygen atoms in total. The Morgan fingerprint density at radius 3 is 2.33 bits per heavy atom. The number of carbonyl (C=O) groups excluding carboxylic acids is 1. The molecule has 0 heterocycles. The van der Waals surface area contributed by atoms with Crippen molar-refractivity contribution in [2.45, 2.75) is 25.8 Å². The molecule has 5 heteroatoms. The van der Waals surface area contributed by atoms with Crippen molar-refractivity contribution in [2.24, 2.45) is 5.73 Å². The summed E-state index contributed by atoms with van der Waals surface area (Å²) in [7, 11) is 0. The highest BCUT2D eigenvalue weighted by Crippen LogP contribution is 2.05. The molecule has 0 unspecified atom stereocenters. The minimum Gasteiger partial charge on any atom is -0.481 e. The third-order valence-corrected chi connectivity index (χ3v) is 2.48. The van der Waals surface area contributed by atoms with Gasteiger partial charge in [0.1, 0.15) is 0 Å². The van der Waals surface area contributed by atoms with Gasteiger partial charge in [0.15, 0.2) is 0 Å². The smallest absolute Gasteiger partial charge is 0.307 e. The quantitative estimate of drug-likeness (QED) is 0.591. The van der Waals surface area contributed by atoms with Crippen molar-refractivity contribution < 1.29 is 14.7 Å². The lowest BCUT2D eigenvalue weighted by Crippen LogP contribution is -2.18. The molecular weight excluding hydrogens is 232 g/mol. The van der Waals surface area contributed by atoms with E-state index in [0.29, 0.717) is 13.0 Å². The van der Waals surface area contributed by atoms with Gasteiger partial charge in [0.05, 0.1) is 6.42 Å². The number of carbonyl (C=O) groups is 2. The van der Waals surface area contributed by atoms with Crippen LogP contribution < -0.4 is 11.1 Å². The fourth-order valence-corrected chi connectivity index (χ4v) is 1.57. The molecule has 0 spiro atoms. The van der Waals surface area contributed by atoms with E-state index < -0.39 is 5.97 Å². The number of hydrogen-bond donors (Lipinski definition) is 3. The van der Waals surface area contributed by atoms with Crippen LogP contribution in [0.15, 0.2) is 24.3 Å². The molecule has 0 saturated heterocycles. The summed E-state index contributed by atoms with van der Waals surface area (Å²) < 4.78 is 0. The first-order chi connectivity index (χ1) is 8.58. The van der Waals surface area contributed by atoms with Crippen LogP contribution in [0.2, 0.25) is 0 Å². The van der Waals surface area contributed by atoms with Crippen LogP contribution in [0.3, 0.4) is 0 Å². The maximum Gasteiger partial charge on any atom is 0.307 e. The highest BCUT2D eigenvalue weighted by molar-refractivity contribution is 5.73. The number of amides is 1. The lowest BCUT2D eigenvalue weighted by Gasteiger charge is -2.05. The number of primary amides is 1. The number of carboxylic acid groups (broad SMARTS) is 1. The van der Waals surface area contributed by atoms with Crippen molar-refractivity contribution in [3.63, 3.8) is 0 Å². The maximum absolute atomic E-state index is 10.5. The average molecular weight is 250 g/mol. The number of carboxylic acids is 1. The van der Waals surface area contributed by atoms with Crippen molar-refractivity contribution >= 4 is 11.9 Å². The third-order valence-electron chi connectivity index (χ3n) is 2.48. The normalized spacial score (nSPS) is 10.2. The van der Waals surface area contributed by atoms with Gasteiger partial charge in [0.2, 0.25) is 5.91 Å². The van der Waals surface area contributed by atoms with Gasteiger partial charge in [-0.15, -0.1) is 0 Å². The molecule has 18 heavy (non-hydrogen) atoms. The van der Waals surface area contributed by atoms with Crippen LogP contribution in [0.5, 0.6) is 0 Å². The zero-order valence-corrected chi connectivity index (χ0v) is 10.2. The van der Waals surface area contributed by atoms with Gasteiger partial charge in [0.25, 0.3) is 0 Å². The van der Waals surface area contributed by atoms with Crippen LogP contribution in [0.4, 0.5) is 0 Å². The topological polar surface area (TPSA) is 92.4 Å². The minimum absolute atomic E-state index is 0.0479. The van der Waals surface area contributed by atoms with E-state index in [2.05, 4.69) is 5.32 Å². The molecule has 0 atom stereocenters. The first-order valence-electron chi connectivity index (χ1n) is 5.86. The molecular formula is C13H18N2O3. The second-order valence-electron chi connectivity index (χ2n) is 4.13. The molecule has 1 amide bonds. The Morgan fingerprint density at radius 1 is 1.17 bits per heavy atom. The fraction of sp³-hybridized carbons (Fsp3) is 0.385. The number of aliphatic carboxylic acids is 1. The summed E-state index contributed by atoms with van der Waals surface area (Å²) in [6.07, 6.45) is 1.17. The molecule has 0 fully saturated rings. The number of nitrogens with two attached hydrogens (primary N) is 1. The molecule has 0 radical (unpaired) electrons. The molecule has 1 rings (SSSR count). The van der Waals surface area contributed by atoms with Crippen molar-refractivity contribution in [2.75, 3.05) is 6.54 Å². The summed E-state index contributed by atoms with van der Waals surface area (Å²) in [4.78, 5) is 21.0. The third kappa shape index (κ3) is 6.00. The zero-order chi connectivity index (χ0) is 13.4. The Morgan fingerprint density at radius 2 is 1.78 bits per heavy atom. The number of benzene rings is 1. The first kappa shape index (κ1) is 14.2. The summed E-state index contributed by atoms with van der Waals surface area (Å²) in [5.74, 6) is -1.11. The van der Waals surface area contributed by atoms with Crippen LogP contribution in [0.25, 0.3) is 0 Å². The second-order valence-corrected chi connectivity index (χ2v) is 4.13. The molecule has 0 bridgehead atoms. The molecule has 0 aliphatic carbocycles. The zero-order valence-electron chi connectivity index (χ0n) is 10.2. The Hall–Kier alpha value is -1.88. The SMILES string of the molecule is NC(=O)CCCNCc1ccc(CC(=O)O)cc1. The monoisotopic (exact) mass is 250 g/mol. The molecule has 0 aliphatic rings. The first-order valence-corrected chi connectivity index (χ1v) is 5.86. The summed E-state index contributed by atoms with van der Waals surface area (Å²) in [5, 5.41) is 11.8. The fourth-order valence-electron chi connectivity index (χ4n) is 1.57. The van der Waals surface area contributed by atoms with Gasteiger partial charge in [-0.1, -0.05) is 24.3 Å². The van der Waals surface area contributed by atoms with E-state index in [9.17, 15) is 9.59 Å². The van der Waals surface area contributed by atoms with E-state index in [1.807, 2.05) is 24.3 Å². The summed E-state index contributed by atoms with van der Waals surface area (Å²) in [6, 6.07) is 7.43. The van der Waals surface area contributed by atoms with E-state index in [-0.39, 0.29) is 12.3 Å². The number of rotatable bonds is 8. The van der Waals surface area contributed by atoms with Gasteiger partial charge < -0.3 is 16.2 Å². The van der Waals surface area contributed by atoms with Gasteiger partial charge >= 0.3 is 5.97 Å². The summed E-state index contributed by atoms with van der Waals surface area (Å²) in [6.45, 7) is 1.44. The van der Waals surface area contributed by atoms with Crippen LogP contribution in [-0.4, -0.2) is 23.5 Å². The van der Waals surface area contributed by atoms with E-state index in [4.69, 9.17) is 10.8 Å². The largest absolute Gasteiger partial charge is 0.481 e. The van der Waals surface area contributed by atoms with Crippen molar-refractivity contribution in [1.82, 2.24) is 5.32 Å². The Balaban J connectivity index is 2.26. The van der Waals surface area contributed by atoms with Gasteiger partial charge in [-0.3, -0.25) is 9.59 Å². The molecule has 1 aromatic rings. The predicted molar refractivity (Wildman–Crippen MR) is 67.9 cm³/mol. The van der Waals surface area contributed by atoms with Gasteiger partial charge in [-0.2, -0.15) is 0 Å². The van der Waals surface area contributed by atoms with Crippen LogP contribution in [0.1, 0.15) is 24.0 Å². The van der Waals surface area contributed by atoms with Gasteiger partial charge in [-0.25, -0.2) is 0 Å². The predicted octanol–water partition coefficient (Wildman–Crippen LogP) is 0.669. The number of hydrogen-bond acceptors (Lipinski definition) is 3. The summed E-state index contributed by atoms with van der Waals surface area (Å²) in [5.41, 5.74) is 6.91. The average Bonchev–Trinajstić information content (AvgIpc) is 2.30. The summed E-state index contributed by atoms with van der Waals surface area (Å²) >= 11 is 0. The molecule has 0 aliphatic heterocycles. The van der Waals surface area contributed by atoms with E-state index in [1.54, 1.807) is 0 Å². The molecule has 0 saturated carbocycles. The number of nitrogens with one attached hydrogen (secondary N) is 1. The second kappa shape index (κ2) is 7.45. The molecule has 4 N–H and O–H groups in total. The van der Waals surface area contributed by atoms with Crippen molar-refractivity contribution in [3.05, 3.63) is 35.4 Å². The standard InChI is InChI=1S/C13H18N2O3/c14-12(16)2-1-7-15-9-11-5-3-10(4-6-11)8-13(17)18/h3-6,15H,1-2,7-9H2,(H2,14,16)(H,17,18). The van der Waals surface area contributed by atoms with Crippen LogP contribution >= 0.6 is 0 Å². The lowest BCUT2D eigenvalue weighted by atomic mass is 10.1. The van der Waals surface area contributed by atoms with Crippen LogP contribution in [0, 0.1) is 0 Å². The van der Waals surface area contributed by atoms with Gasteiger partial charge in [0, 0.05) is 13.0 Å². The highest BCUT2D eigenvalue weighted by atomic mass is 16.4. The van der Waals surface area contributed by atoms with Gasteiger partial charge in [-0.05, 0) is 24.1 Å². The molecule has 98 valence electrons. The molecule has 0 aromatic heterocycles. The maximum atomic E-state index is 10.5. The van der Waals surface area contributed by atoms with E-state index in [0.717, 1.165) is 24.1 Å². The highest BCUT2D eigenvalue weighted by Gasteiger charge is 2.00. The van der Waals surface area contributed by atoms with Crippen molar-refractivity contribution in [3.8, 4) is 0 Å². The van der Waals surface area contributed by atoms with Crippen LogP contribution in [-0.2, 0) is 22.6 Å². The van der Waals surface area contributed by atoms with Crippen molar-refractivity contribution in [1.29, 1.82) is 0 Å². The van der Waals surface area contributed by atoms with E-state index >= 15 is 0 Å². The van der Waals surface area contributed by atoms with E-state index in [1.165, 1.54) is 0 Å². The lowest BCUT2D eigenvalue weighted by molar-refractivity contribution is -0.136.